The van der Waals surface area contributed by atoms with Crippen LogP contribution in [0.1, 0.15) is 77.6 Å². The van der Waals surface area contributed by atoms with Gasteiger partial charge in [-0.25, -0.2) is 0 Å². The van der Waals surface area contributed by atoms with Crippen molar-refractivity contribution < 1.29 is 14.2 Å². The van der Waals surface area contributed by atoms with E-state index in [9.17, 15) is 9.59 Å². The van der Waals surface area contributed by atoms with Gasteiger partial charge in [-0.3, -0.25) is 9.59 Å². The van der Waals surface area contributed by atoms with Gasteiger partial charge in [0, 0.05) is 106 Å². The molecule has 0 radical (unpaired) electrons. The Morgan fingerprint density at radius 2 is 1.24 bits per heavy atom. The summed E-state index contributed by atoms with van der Waals surface area (Å²) in [7, 11) is 3.47. The zero-order valence-electron chi connectivity index (χ0n) is 33.9. The van der Waals surface area contributed by atoms with Crippen LogP contribution in [-0.2, 0) is 41.8 Å². The molecule has 1 aromatic heterocycles. The first-order valence-electron chi connectivity index (χ1n) is 21.6. The highest BCUT2D eigenvalue weighted by Crippen LogP contribution is 2.38. The average Bonchev–Trinajstić information content (AvgIpc) is 3.25. The van der Waals surface area contributed by atoms with Gasteiger partial charge in [-0.2, -0.15) is 4.57 Å². The summed E-state index contributed by atoms with van der Waals surface area (Å²) in [6.07, 6.45) is 27.9. The van der Waals surface area contributed by atoms with Gasteiger partial charge in [0.05, 0.1) is 6.42 Å². The molecule has 2 N–H and O–H groups in total. The first-order valence-corrected chi connectivity index (χ1v) is 24.1. The Bertz CT molecular complexity index is 2010. The van der Waals surface area contributed by atoms with Gasteiger partial charge in [0.2, 0.25) is 17.5 Å². The lowest BCUT2D eigenvalue weighted by molar-refractivity contribution is -0.697. The fourth-order valence-corrected chi connectivity index (χ4v) is 11.0. The van der Waals surface area contributed by atoms with E-state index in [1.54, 1.807) is 21.6 Å². The van der Waals surface area contributed by atoms with Gasteiger partial charge in [0.15, 0.2) is 12.7 Å². The van der Waals surface area contributed by atoms with Crippen molar-refractivity contribution in [2.24, 2.45) is 0 Å². The molecule has 304 valence electrons. The molecule has 8 nitrogen and oxygen atoms in total. The highest BCUT2D eigenvalue weighted by Gasteiger charge is 2.25. The highest BCUT2D eigenvalue weighted by molar-refractivity contribution is 8.76. The van der Waals surface area contributed by atoms with E-state index in [2.05, 4.69) is 115 Å². The number of benzene rings is 2. The Labute approximate surface area is 353 Å². The standard InChI is InChI=1S/C48H58N6O2S2/c55-45(19-29-51-23-3-1-13-43(51)17-15-37-33-39-9-5-25-53-26-6-10-40(34-37)47(39)53)49-21-31-57-58-32-22-50-46(56)20-30-52-24-4-2-14-44(52)18-16-38-35-41-11-7-27-54-28-8-12-42(36-38)48(41)54/h1-4,13-18,23,33-36H,5-12,19-22,24-32H2,(H-,49,50,55,56)/p+1/b18-16+. The summed E-state index contributed by atoms with van der Waals surface area (Å²) in [5, 5.41) is 6.18. The Kier molecular flexibility index (Phi) is 13.9. The molecule has 10 heteroatoms. The van der Waals surface area contributed by atoms with Crippen molar-refractivity contribution in [1.29, 1.82) is 0 Å². The van der Waals surface area contributed by atoms with Gasteiger partial charge in [0.25, 0.3) is 0 Å². The van der Waals surface area contributed by atoms with E-state index in [1.165, 1.54) is 122 Å². The van der Waals surface area contributed by atoms with Crippen molar-refractivity contribution in [3.63, 3.8) is 0 Å². The van der Waals surface area contributed by atoms with Gasteiger partial charge >= 0.3 is 0 Å². The number of nitrogens with zero attached hydrogens (tertiary/aromatic N) is 4. The summed E-state index contributed by atoms with van der Waals surface area (Å²) < 4.78 is 2.16. The van der Waals surface area contributed by atoms with E-state index < -0.39 is 0 Å². The minimum absolute atomic E-state index is 0.0692. The third-order valence-electron chi connectivity index (χ3n) is 12.0. The minimum Gasteiger partial charge on any atom is -0.371 e. The predicted molar refractivity (Wildman–Crippen MR) is 244 cm³/mol. The zero-order chi connectivity index (χ0) is 39.5. The second-order valence-electron chi connectivity index (χ2n) is 16.1. The van der Waals surface area contributed by atoms with E-state index in [0.29, 0.717) is 39.0 Å². The summed E-state index contributed by atoms with van der Waals surface area (Å²) >= 11 is 0. The number of aromatic nitrogens is 1. The minimum atomic E-state index is 0.0692. The maximum atomic E-state index is 12.7. The normalized spacial score (nSPS) is 17.0. The summed E-state index contributed by atoms with van der Waals surface area (Å²) in [5.74, 6) is 1.81. The average molecular weight is 816 g/mol. The monoisotopic (exact) mass is 815 g/mol. The van der Waals surface area contributed by atoms with Crippen LogP contribution in [0.4, 0.5) is 11.4 Å². The second-order valence-corrected chi connectivity index (χ2v) is 18.8. The van der Waals surface area contributed by atoms with Crippen LogP contribution in [0.3, 0.4) is 0 Å². The number of rotatable bonds is 17. The molecule has 6 heterocycles. The molecule has 2 amide bonds. The maximum Gasteiger partial charge on any atom is 0.226 e. The van der Waals surface area contributed by atoms with Crippen LogP contribution < -0.4 is 25.0 Å². The number of nitrogens with one attached hydrogen (secondary N) is 2. The SMILES string of the molecule is O=C(CCN1CC=CC=C1/C=C/c1cc2c3c(c1)CCCN3CCC2)NCCSSCCNC(=O)CC[n+]1ccccc1/C=C/c1cc2c3c(c1)CCCN3CCC2. The van der Waals surface area contributed by atoms with E-state index in [4.69, 9.17) is 0 Å². The van der Waals surface area contributed by atoms with E-state index in [-0.39, 0.29) is 11.8 Å². The topological polar surface area (TPSA) is 71.8 Å². The van der Waals surface area contributed by atoms with Crippen molar-refractivity contribution in [3.8, 4) is 0 Å². The molecule has 0 saturated heterocycles. The van der Waals surface area contributed by atoms with Crippen molar-refractivity contribution in [1.82, 2.24) is 15.5 Å². The molecule has 5 aliphatic rings. The lowest BCUT2D eigenvalue weighted by Crippen LogP contribution is -2.39. The fraction of sp³-hybridized carbons (Fsp3) is 0.438. The zero-order valence-corrected chi connectivity index (χ0v) is 35.6. The van der Waals surface area contributed by atoms with E-state index in [1.807, 2.05) is 6.07 Å². The number of carbonyl (C=O) groups is 2. The first-order chi connectivity index (χ1) is 28.6. The van der Waals surface area contributed by atoms with Gasteiger partial charge in [-0.05, 0) is 133 Å². The fourth-order valence-electron chi connectivity index (χ4n) is 9.23. The Morgan fingerprint density at radius 1 is 0.690 bits per heavy atom. The van der Waals surface area contributed by atoms with Crippen molar-refractivity contribution >= 4 is 63.0 Å². The van der Waals surface area contributed by atoms with Gasteiger partial charge in [-0.15, -0.1) is 0 Å². The van der Waals surface area contributed by atoms with Crippen molar-refractivity contribution in [2.45, 2.75) is 70.8 Å². The molecule has 5 aliphatic heterocycles. The quantitative estimate of drug-likeness (QED) is 0.0837. The number of carbonyl (C=O) groups excluding carboxylic acids is 2. The summed E-state index contributed by atoms with van der Waals surface area (Å²) in [6.45, 7) is 8.19. The number of amides is 2. The Morgan fingerprint density at radius 3 is 1.83 bits per heavy atom. The third kappa shape index (κ3) is 10.4. The molecule has 2 aromatic carbocycles. The smallest absolute Gasteiger partial charge is 0.226 e. The third-order valence-corrected chi connectivity index (χ3v) is 14.4. The molecule has 0 bridgehead atoms. The molecule has 0 atom stereocenters. The van der Waals surface area contributed by atoms with Crippen LogP contribution in [0.5, 0.6) is 0 Å². The molecule has 0 fully saturated rings. The lowest BCUT2D eigenvalue weighted by Gasteiger charge is -2.37. The molecular formula is C48H59N6O2S2+. The summed E-state index contributed by atoms with van der Waals surface area (Å²) in [5.41, 5.74) is 13.8. The molecule has 0 aliphatic carbocycles. The Hall–Kier alpha value is -4.41. The van der Waals surface area contributed by atoms with Crippen LogP contribution in [0.25, 0.3) is 18.2 Å². The summed E-state index contributed by atoms with van der Waals surface area (Å²) in [6, 6.07) is 15.7. The molecule has 0 saturated carbocycles. The molecule has 58 heavy (non-hydrogen) atoms. The highest BCUT2D eigenvalue weighted by atomic mass is 33.1. The second kappa shape index (κ2) is 20.0. The van der Waals surface area contributed by atoms with Crippen molar-refractivity contribution in [2.75, 3.05) is 73.7 Å². The van der Waals surface area contributed by atoms with Crippen LogP contribution >= 0.6 is 21.6 Å². The van der Waals surface area contributed by atoms with Gasteiger partial charge in [-0.1, -0.05) is 39.8 Å². The number of pyridine rings is 1. The number of allylic oxidation sites excluding steroid dienone is 3. The Balaban J connectivity index is 0.695. The first kappa shape index (κ1) is 40.4. The molecule has 0 unspecified atom stereocenters. The molecule has 3 aromatic rings. The van der Waals surface area contributed by atoms with Crippen LogP contribution in [0.2, 0.25) is 0 Å². The van der Waals surface area contributed by atoms with E-state index in [0.717, 1.165) is 29.4 Å². The van der Waals surface area contributed by atoms with Gasteiger partial charge < -0.3 is 25.3 Å². The number of aryl methyl sites for hydroxylation is 5. The molecule has 8 rings (SSSR count). The molecule has 0 spiro atoms. The largest absolute Gasteiger partial charge is 0.371 e. The summed E-state index contributed by atoms with van der Waals surface area (Å²) in [4.78, 5) is 32.9. The number of anilines is 2. The number of hydrogen-bond donors (Lipinski definition) is 2. The van der Waals surface area contributed by atoms with E-state index >= 15 is 0 Å². The van der Waals surface area contributed by atoms with Gasteiger partial charge in [0.1, 0.15) is 0 Å². The van der Waals surface area contributed by atoms with Crippen LogP contribution in [-0.4, -0.2) is 80.6 Å². The lowest BCUT2D eigenvalue weighted by atomic mass is 9.90. The van der Waals surface area contributed by atoms with Crippen molar-refractivity contribution in [3.05, 3.63) is 118 Å². The van der Waals surface area contributed by atoms with Crippen LogP contribution in [0.15, 0.2) is 78.7 Å². The maximum absolute atomic E-state index is 12.7. The predicted octanol–water partition coefficient (Wildman–Crippen LogP) is 7.41. The number of hydrogen-bond acceptors (Lipinski definition) is 7. The molecular weight excluding hydrogens is 757 g/mol. The van der Waals surface area contributed by atoms with Crippen LogP contribution in [0, 0.1) is 0 Å².